The van der Waals surface area contributed by atoms with E-state index in [1.165, 1.54) is 24.1 Å². The Bertz CT molecular complexity index is 550. The fourth-order valence-electron chi connectivity index (χ4n) is 2.66. The first-order valence-corrected chi connectivity index (χ1v) is 7.68. The summed E-state index contributed by atoms with van der Waals surface area (Å²) in [5.41, 5.74) is 2.72. The van der Waals surface area contributed by atoms with Gasteiger partial charge in [0.15, 0.2) is 0 Å². The van der Waals surface area contributed by atoms with Crippen LogP contribution in [0.5, 0.6) is 0 Å². The Hall–Kier alpha value is -1.65. The maximum Gasteiger partial charge on any atom is 0.117 e. The van der Waals surface area contributed by atoms with E-state index in [-0.39, 0.29) is 12.4 Å². The first-order valence-electron chi connectivity index (χ1n) is 7.68. The smallest absolute Gasteiger partial charge is 0.117 e. The van der Waals surface area contributed by atoms with Crippen molar-refractivity contribution in [3.05, 3.63) is 59.1 Å². The number of β-amino-alcohol motifs (C(OH)–C–C–N with tert-alkyl or cyclic N) is 1. The second kappa shape index (κ2) is 8.11. The Morgan fingerprint density at radius 3 is 2.82 bits per heavy atom. The molecule has 0 saturated heterocycles. The summed E-state index contributed by atoms with van der Waals surface area (Å²) < 4.78 is 18.3. The highest BCUT2D eigenvalue weighted by Crippen LogP contribution is 2.18. The van der Waals surface area contributed by atoms with E-state index in [2.05, 4.69) is 23.1 Å². The van der Waals surface area contributed by atoms with E-state index in [9.17, 15) is 9.50 Å². The monoisotopic (exact) mass is 305 g/mol. The Balaban J connectivity index is 1.81. The van der Waals surface area contributed by atoms with E-state index in [0.717, 1.165) is 19.5 Å². The average molecular weight is 305 g/mol. The quantitative estimate of drug-likeness (QED) is 0.647. The zero-order valence-corrected chi connectivity index (χ0v) is 13.3. The fraction of sp³-hybridized carbons (Fsp3) is 0.444. The van der Waals surface area contributed by atoms with E-state index in [1.807, 2.05) is 6.07 Å². The van der Waals surface area contributed by atoms with E-state index >= 15 is 0 Å². The van der Waals surface area contributed by atoms with Gasteiger partial charge in [-0.05, 0) is 37.5 Å². The van der Waals surface area contributed by atoms with Gasteiger partial charge in [-0.2, -0.15) is 0 Å². The molecule has 0 aromatic heterocycles. The number of hydrogen-bond acceptors (Lipinski definition) is 3. The first kappa shape index (κ1) is 16.7. The third-order valence-electron chi connectivity index (χ3n) is 3.75. The summed E-state index contributed by atoms with van der Waals surface area (Å²) in [5, 5.41) is 10.1. The predicted molar refractivity (Wildman–Crippen MR) is 86.0 cm³/mol. The van der Waals surface area contributed by atoms with Crippen LogP contribution in [-0.2, 0) is 17.7 Å². The number of aliphatic hydroxyl groups is 1. The standard InChI is InChI=1S/C18H24FNO2/c1-3-18(10-14(2)19)22-13-17(21)12-20-9-8-15-6-4-5-7-16(15)11-20/h3-7,10,17,21H,8-9,11-13H2,1-2H3. The van der Waals surface area contributed by atoms with Crippen LogP contribution < -0.4 is 0 Å². The highest BCUT2D eigenvalue weighted by Gasteiger charge is 2.18. The van der Waals surface area contributed by atoms with Crippen LogP contribution in [0.3, 0.4) is 0 Å². The van der Waals surface area contributed by atoms with E-state index in [4.69, 9.17) is 4.74 Å². The molecule has 0 aliphatic carbocycles. The maximum atomic E-state index is 12.8. The molecule has 0 spiro atoms. The van der Waals surface area contributed by atoms with Gasteiger partial charge in [-0.1, -0.05) is 24.3 Å². The molecule has 1 aliphatic rings. The number of fused-ring (bicyclic) bond motifs is 1. The molecule has 3 nitrogen and oxygen atoms in total. The molecule has 1 aliphatic heterocycles. The molecule has 0 bridgehead atoms. The molecule has 1 aromatic carbocycles. The Morgan fingerprint density at radius 1 is 1.41 bits per heavy atom. The molecule has 22 heavy (non-hydrogen) atoms. The number of aliphatic hydroxyl groups excluding tert-OH is 1. The summed E-state index contributed by atoms with van der Waals surface area (Å²) in [5.74, 6) is 0.137. The van der Waals surface area contributed by atoms with Crippen LogP contribution in [0.2, 0.25) is 0 Å². The molecule has 120 valence electrons. The van der Waals surface area contributed by atoms with Crippen LogP contribution in [0.15, 0.2) is 48.0 Å². The van der Waals surface area contributed by atoms with Crippen molar-refractivity contribution in [1.82, 2.24) is 4.90 Å². The van der Waals surface area contributed by atoms with Crippen molar-refractivity contribution in [1.29, 1.82) is 0 Å². The minimum Gasteiger partial charge on any atom is -0.491 e. The van der Waals surface area contributed by atoms with Gasteiger partial charge < -0.3 is 9.84 Å². The lowest BCUT2D eigenvalue weighted by molar-refractivity contribution is 0.0421. The van der Waals surface area contributed by atoms with Crippen LogP contribution in [0.25, 0.3) is 0 Å². The molecule has 1 heterocycles. The van der Waals surface area contributed by atoms with Crippen LogP contribution in [0.1, 0.15) is 25.0 Å². The van der Waals surface area contributed by atoms with E-state index in [0.29, 0.717) is 12.3 Å². The van der Waals surface area contributed by atoms with Crippen molar-refractivity contribution in [3.8, 4) is 0 Å². The van der Waals surface area contributed by atoms with Gasteiger partial charge in [-0.25, -0.2) is 4.39 Å². The lowest BCUT2D eigenvalue weighted by Gasteiger charge is -2.30. The number of benzene rings is 1. The van der Waals surface area contributed by atoms with Gasteiger partial charge in [0, 0.05) is 25.7 Å². The Morgan fingerprint density at radius 2 is 2.14 bits per heavy atom. The number of halogens is 1. The average Bonchev–Trinajstić information content (AvgIpc) is 2.51. The zero-order chi connectivity index (χ0) is 15.9. The largest absolute Gasteiger partial charge is 0.491 e. The van der Waals surface area contributed by atoms with Crippen LogP contribution in [0, 0.1) is 0 Å². The van der Waals surface area contributed by atoms with Gasteiger partial charge in [0.2, 0.25) is 0 Å². The highest BCUT2D eigenvalue weighted by molar-refractivity contribution is 5.29. The summed E-state index contributed by atoms with van der Waals surface area (Å²) in [6.07, 6.45) is 3.43. The third kappa shape index (κ3) is 4.97. The molecule has 0 radical (unpaired) electrons. The summed E-state index contributed by atoms with van der Waals surface area (Å²) in [4.78, 5) is 2.22. The van der Waals surface area contributed by atoms with Crippen LogP contribution in [0.4, 0.5) is 4.39 Å². The fourth-order valence-corrected chi connectivity index (χ4v) is 2.66. The summed E-state index contributed by atoms with van der Waals surface area (Å²) in [7, 11) is 0. The predicted octanol–water partition coefficient (Wildman–Crippen LogP) is 3.20. The molecule has 0 fully saturated rings. The molecular formula is C18H24FNO2. The van der Waals surface area contributed by atoms with Crippen molar-refractivity contribution in [2.75, 3.05) is 19.7 Å². The minimum atomic E-state index is -0.589. The number of nitrogens with zero attached hydrogens (tertiary/aromatic N) is 1. The van der Waals surface area contributed by atoms with E-state index < -0.39 is 6.10 Å². The maximum absolute atomic E-state index is 12.8. The number of ether oxygens (including phenoxy) is 1. The summed E-state index contributed by atoms with van der Waals surface area (Å²) in [6.45, 7) is 5.67. The van der Waals surface area contributed by atoms with Gasteiger partial charge in [0.25, 0.3) is 0 Å². The van der Waals surface area contributed by atoms with Crippen molar-refractivity contribution >= 4 is 0 Å². The highest BCUT2D eigenvalue weighted by atomic mass is 19.1. The molecule has 1 N–H and O–H groups in total. The number of hydrogen-bond donors (Lipinski definition) is 1. The molecular weight excluding hydrogens is 281 g/mol. The Kier molecular flexibility index (Phi) is 6.16. The van der Waals surface area contributed by atoms with Gasteiger partial charge >= 0.3 is 0 Å². The van der Waals surface area contributed by atoms with Crippen molar-refractivity contribution in [3.63, 3.8) is 0 Å². The molecule has 1 unspecified atom stereocenters. The van der Waals surface area contributed by atoms with Crippen molar-refractivity contribution < 1.29 is 14.2 Å². The zero-order valence-electron chi connectivity index (χ0n) is 13.3. The summed E-state index contributed by atoms with van der Waals surface area (Å²) >= 11 is 0. The molecule has 1 atom stereocenters. The molecule has 2 rings (SSSR count). The normalized spacial score (nSPS) is 18.0. The van der Waals surface area contributed by atoms with Gasteiger partial charge in [-0.15, -0.1) is 0 Å². The molecule has 1 aromatic rings. The third-order valence-corrected chi connectivity index (χ3v) is 3.75. The molecule has 4 heteroatoms. The first-order chi connectivity index (χ1) is 10.6. The second-order valence-electron chi connectivity index (χ2n) is 5.64. The number of rotatable bonds is 6. The van der Waals surface area contributed by atoms with Gasteiger partial charge in [0.05, 0.1) is 0 Å². The second-order valence-corrected chi connectivity index (χ2v) is 5.64. The molecule has 0 saturated carbocycles. The Labute approximate surface area is 131 Å². The lowest BCUT2D eigenvalue weighted by Crippen LogP contribution is -2.38. The SMILES string of the molecule is CC=C(C=C(C)F)OCC(O)CN1CCc2ccccc2C1. The molecule has 0 amide bonds. The topological polar surface area (TPSA) is 32.7 Å². The van der Waals surface area contributed by atoms with Crippen LogP contribution in [-0.4, -0.2) is 35.8 Å². The minimum absolute atomic E-state index is 0.168. The van der Waals surface area contributed by atoms with Crippen LogP contribution >= 0.6 is 0 Å². The lowest BCUT2D eigenvalue weighted by atomic mass is 10.00. The van der Waals surface area contributed by atoms with Gasteiger partial charge in [-0.3, -0.25) is 4.90 Å². The van der Waals surface area contributed by atoms with Gasteiger partial charge in [0.1, 0.15) is 24.3 Å². The number of allylic oxidation sites excluding steroid dienone is 3. The van der Waals surface area contributed by atoms with E-state index in [1.54, 1.807) is 13.0 Å². The van der Waals surface area contributed by atoms with Crippen molar-refractivity contribution in [2.24, 2.45) is 0 Å². The summed E-state index contributed by atoms with van der Waals surface area (Å²) in [6, 6.07) is 8.41. The van der Waals surface area contributed by atoms with Crippen molar-refractivity contribution in [2.45, 2.75) is 32.9 Å².